The van der Waals surface area contributed by atoms with Crippen LogP contribution in [0.25, 0.3) is 0 Å². The fourth-order valence-electron chi connectivity index (χ4n) is 1.17. The van der Waals surface area contributed by atoms with Gasteiger partial charge in [-0.1, -0.05) is 12.5 Å². The van der Waals surface area contributed by atoms with Crippen molar-refractivity contribution in [1.82, 2.24) is 5.32 Å². The standard InChI is InChI=1S/C11H21NO2/c1-4-5-6-7-8-10(2)12-9-11(13)14-3/h4,10,12H,1,5-9H2,2-3H3. The predicted molar refractivity (Wildman–Crippen MR) is 58.1 cm³/mol. The van der Waals surface area contributed by atoms with E-state index in [0.717, 1.165) is 12.8 Å². The van der Waals surface area contributed by atoms with Crippen LogP contribution in [0, 0.1) is 0 Å². The molecule has 1 unspecified atom stereocenters. The minimum atomic E-state index is -0.206. The Bertz CT molecular complexity index is 169. The maximum atomic E-state index is 10.8. The van der Waals surface area contributed by atoms with Gasteiger partial charge in [-0.15, -0.1) is 6.58 Å². The Morgan fingerprint density at radius 3 is 2.86 bits per heavy atom. The second kappa shape index (κ2) is 8.75. The molecule has 1 N–H and O–H groups in total. The lowest BCUT2D eigenvalue weighted by Crippen LogP contribution is -2.31. The van der Waals surface area contributed by atoms with Gasteiger partial charge in [0.25, 0.3) is 0 Å². The molecular formula is C11H21NO2. The highest BCUT2D eigenvalue weighted by molar-refractivity contribution is 5.71. The number of carbonyl (C=O) groups is 1. The summed E-state index contributed by atoms with van der Waals surface area (Å²) in [7, 11) is 1.40. The minimum Gasteiger partial charge on any atom is -0.468 e. The van der Waals surface area contributed by atoms with E-state index in [4.69, 9.17) is 0 Å². The van der Waals surface area contributed by atoms with E-state index >= 15 is 0 Å². The molecule has 82 valence electrons. The second-order valence-electron chi connectivity index (χ2n) is 3.43. The quantitative estimate of drug-likeness (QED) is 0.368. The summed E-state index contributed by atoms with van der Waals surface area (Å²) >= 11 is 0. The number of hydrogen-bond donors (Lipinski definition) is 1. The molecule has 0 spiro atoms. The molecule has 0 saturated heterocycles. The van der Waals surface area contributed by atoms with E-state index in [0.29, 0.717) is 12.6 Å². The third kappa shape index (κ3) is 7.80. The van der Waals surface area contributed by atoms with Gasteiger partial charge in [0.1, 0.15) is 0 Å². The number of unbranched alkanes of at least 4 members (excludes halogenated alkanes) is 2. The Kier molecular flexibility index (Phi) is 8.24. The third-order valence-corrected chi connectivity index (χ3v) is 2.12. The first-order chi connectivity index (χ1) is 6.70. The van der Waals surface area contributed by atoms with E-state index in [-0.39, 0.29) is 5.97 Å². The van der Waals surface area contributed by atoms with Crippen molar-refractivity contribution in [3.8, 4) is 0 Å². The van der Waals surface area contributed by atoms with Crippen molar-refractivity contribution in [2.45, 2.75) is 38.6 Å². The molecule has 14 heavy (non-hydrogen) atoms. The smallest absolute Gasteiger partial charge is 0.319 e. The number of esters is 1. The molecule has 0 aromatic heterocycles. The first-order valence-electron chi connectivity index (χ1n) is 5.11. The van der Waals surface area contributed by atoms with Crippen molar-refractivity contribution in [1.29, 1.82) is 0 Å². The average molecular weight is 199 g/mol. The van der Waals surface area contributed by atoms with Gasteiger partial charge >= 0.3 is 5.97 Å². The number of hydrogen-bond acceptors (Lipinski definition) is 3. The summed E-state index contributed by atoms with van der Waals surface area (Å²) in [5.41, 5.74) is 0. The van der Waals surface area contributed by atoms with Gasteiger partial charge in [-0.2, -0.15) is 0 Å². The highest BCUT2D eigenvalue weighted by atomic mass is 16.5. The van der Waals surface area contributed by atoms with E-state index in [2.05, 4.69) is 23.6 Å². The first-order valence-corrected chi connectivity index (χ1v) is 5.11. The number of ether oxygens (including phenoxy) is 1. The molecule has 0 aliphatic carbocycles. The van der Waals surface area contributed by atoms with Crippen molar-refractivity contribution in [2.75, 3.05) is 13.7 Å². The van der Waals surface area contributed by atoms with Crippen molar-refractivity contribution < 1.29 is 9.53 Å². The summed E-state index contributed by atoms with van der Waals surface area (Å²) in [5.74, 6) is -0.206. The zero-order valence-corrected chi connectivity index (χ0v) is 9.21. The fraction of sp³-hybridized carbons (Fsp3) is 0.727. The second-order valence-corrected chi connectivity index (χ2v) is 3.43. The van der Waals surface area contributed by atoms with Gasteiger partial charge in [0, 0.05) is 6.04 Å². The molecule has 0 aliphatic heterocycles. The molecule has 0 aromatic rings. The highest BCUT2D eigenvalue weighted by Crippen LogP contribution is 2.03. The van der Waals surface area contributed by atoms with E-state index in [1.165, 1.54) is 20.0 Å². The summed E-state index contributed by atoms with van der Waals surface area (Å²) < 4.78 is 4.53. The zero-order chi connectivity index (χ0) is 10.8. The summed E-state index contributed by atoms with van der Waals surface area (Å²) in [6.45, 7) is 6.06. The molecule has 0 bridgehead atoms. The van der Waals surface area contributed by atoms with E-state index in [9.17, 15) is 4.79 Å². The molecule has 0 heterocycles. The molecule has 0 saturated carbocycles. The van der Waals surface area contributed by atoms with Gasteiger partial charge in [0.15, 0.2) is 0 Å². The van der Waals surface area contributed by atoms with Gasteiger partial charge < -0.3 is 10.1 Å². The van der Waals surface area contributed by atoms with Gasteiger partial charge in [-0.05, 0) is 26.2 Å². The minimum absolute atomic E-state index is 0.206. The molecule has 0 aromatic carbocycles. The number of allylic oxidation sites excluding steroid dienone is 1. The Hall–Kier alpha value is -0.830. The molecular weight excluding hydrogens is 178 g/mol. The van der Waals surface area contributed by atoms with Crippen LogP contribution in [0.15, 0.2) is 12.7 Å². The van der Waals surface area contributed by atoms with Crippen LogP contribution < -0.4 is 5.32 Å². The number of nitrogens with one attached hydrogen (secondary N) is 1. The van der Waals surface area contributed by atoms with Crippen molar-refractivity contribution in [3.63, 3.8) is 0 Å². The SMILES string of the molecule is C=CCCCCC(C)NCC(=O)OC. The predicted octanol–water partition coefficient (Wildman–Crippen LogP) is 1.88. The number of rotatable bonds is 8. The Balaban J connectivity index is 3.31. The van der Waals surface area contributed by atoms with Crippen LogP contribution in [0.3, 0.4) is 0 Å². The Labute approximate surface area is 86.5 Å². The van der Waals surface area contributed by atoms with E-state index in [1.54, 1.807) is 0 Å². The van der Waals surface area contributed by atoms with E-state index < -0.39 is 0 Å². The van der Waals surface area contributed by atoms with Crippen molar-refractivity contribution in [2.24, 2.45) is 0 Å². The number of carbonyl (C=O) groups excluding carboxylic acids is 1. The lowest BCUT2D eigenvalue weighted by Gasteiger charge is -2.11. The van der Waals surface area contributed by atoms with Crippen LogP contribution in [0.2, 0.25) is 0 Å². The van der Waals surface area contributed by atoms with Crippen LogP contribution in [-0.2, 0) is 9.53 Å². The average Bonchev–Trinajstić information content (AvgIpc) is 2.21. The summed E-state index contributed by atoms with van der Waals surface area (Å²) in [5, 5.41) is 3.11. The number of methoxy groups -OCH3 is 1. The summed E-state index contributed by atoms with van der Waals surface area (Å²) in [6.07, 6.45) is 6.44. The normalized spacial score (nSPS) is 12.1. The maximum absolute atomic E-state index is 10.8. The Morgan fingerprint density at radius 2 is 2.29 bits per heavy atom. The van der Waals surface area contributed by atoms with Gasteiger partial charge in [-0.25, -0.2) is 0 Å². The largest absolute Gasteiger partial charge is 0.468 e. The fourth-order valence-corrected chi connectivity index (χ4v) is 1.17. The van der Waals surface area contributed by atoms with Gasteiger partial charge in [0.05, 0.1) is 13.7 Å². The molecule has 0 amide bonds. The topological polar surface area (TPSA) is 38.3 Å². The maximum Gasteiger partial charge on any atom is 0.319 e. The summed E-state index contributed by atoms with van der Waals surface area (Å²) in [4.78, 5) is 10.8. The van der Waals surface area contributed by atoms with Crippen LogP contribution >= 0.6 is 0 Å². The van der Waals surface area contributed by atoms with Crippen LogP contribution in [0.5, 0.6) is 0 Å². The monoisotopic (exact) mass is 199 g/mol. The van der Waals surface area contributed by atoms with Crippen LogP contribution in [-0.4, -0.2) is 25.7 Å². The van der Waals surface area contributed by atoms with Crippen LogP contribution in [0.4, 0.5) is 0 Å². The molecule has 3 nitrogen and oxygen atoms in total. The summed E-state index contributed by atoms with van der Waals surface area (Å²) in [6, 6.07) is 0.374. The molecule has 0 radical (unpaired) electrons. The Morgan fingerprint density at radius 1 is 1.57 bits per heavy atom. The van der Waals surface area contributed by atoms with Gasteiger partial charge in [0.2, 0.25) is 0 Å². The molecule has 0 aliphatic rings. The van der Waals surface area contributed by atoms with Crippen molar-refractivity contribution in [3.05, 3.63) is 12.7 Å². The zero-order valence-electron chi connectivity index (χ0n) is 9.21. The molecule has 0 fully saturated rings. The van der Waals surface area contributed by atoms with Gasteiger partial charge in [-0.3, -0.25) is 4.79 Å². The molecule has 3 heteroatoms. The highest BCUT2D eigenvalue weighted by Gasteiger charge is 2.04. The molecule has 1 atom stereocenters. The van der Waals surface area contributed by atoms with Crippen LogP contribution in [0.1, 0.15) is 32.6 Å². The van der Waals surface area contributed by atoms with Crippen molar-refractivity contribution >= 4 is 5.97 Å². The third-order valence-electron chi connectivity index (χ3n) is 2.12. The molecule has 0 rings (SSSR count). The lowest BCUT2D eigenvalue weighted by atomic mass is 10.1. The lowest BCUT2D eigenvalue weighted by molar-refractivity contribution is -0.139. The first kappa shape index (κ1) is 13.2. The van der Waals surface area contributed by atoms with E-state index in [1.807, 2.05) is 6.08 Å².